The fraction of sp³-hybridized carbons (Fsp3) is 0.368. The second kappa shape index (κ2) is 10.0. The van der Waals surface area contributed by atoms with Gasteiger partial charge in [-0.3, -0.25) is 9.59 Å². The highest BCUT2D eigenvalue weighted by Gasteiger charge is 2.16. The quantitative estimate of drug-likeness (QED) is 0.513. The highest BCUT2D eigenvalue weighted by Crippen LogP contribution is 2.29. The summed E-state index contributed by atoms with van der Waals surface area (Å²) in [6.45, 7) is 6.07. The summed E-state index contributed by atoms with van der Waals surface area (Å²) in [6.07, 6.45) is 0.770. The molecule has 0 spiro atoms. The number of anilines is 1. The average molecular weight is 451 g/mol. The van der Waals surface area contributed by atoms with Crippen molar-refractivity contribution in [1.29, 1.82) is 0 Å². The highest BCUT2D eigenvalue weighted by molar-refractivity contribution is 8.01. The molecule has 0 aliphatic carbocycles. The van der Waals surface area contributed by atoms with Gasteiger partial charge in [0, 0.05) is 22.9 Å². The predicted molar refractivity (Wildman–Crippen MR) is 119 cm³/mol. The average Bonchev–Trinajstić information content (AvgIpc) is 3.41. The van der Waals surface area contributed by atoms with Gasteiger partial charge < -0.3 is 15.2 Å². The molecule has 0 bridgehead atoms. The Hall–Kier alpha value is -2.17. The molecule has 0 radical (unpaired) electrons. The molecule has 0 unspecified atom stereocenters. The number of thioether (sulfide) groups is 1. The summed E-state index contributed by atoms with van der Waals surface area (Å²) < 4.78 is 4.91. The van der Waals surface area contributed by atoms with Crippen LogP contribution in [0.4, 0.5) is 5.82 Å². The van der Waals surface area contributed by atoms with Gasteiger partial charge in [-0.1, -0.05) is 5.16 Å². The van der Waals surface area contributed by atoms with Gasteiger partial charge in [0.05, 0.1) is 26.6 Å². The van der Waals surface area contributed by atoms with Crippen molar-refractivity contribution in [3.63, 3.8) is 0 Å². The van der Waals surface area contributed by atoms with Gasteiger partial charge >= 0.3 is 0 Å². The molecule has 0 saturated heterocycles. The molecule has 0 saturated carbocycles. The van der Waals surface area contributed by atoms with Gasteiger partial charge in [-0.2, -0.15) is 0 Å². The Labute approximate surface area is 181 Å². The predicted octanol–water partition coefficient (Wildman–Crippen LogP) is 3.90. The van der Waals surface area contributed by atoms with Crippen LogP contribution in [0.5, 0.6) is 0 Å². The molecule has 0 aliphatic heterocycles. The van der Waals surface area contributed by atoms with Crippen LogP contribution >= 0.6 is 34.4 Å². The molecule has 7 nitrogen and oxygen atoms in total. The van der Waals surface area contributed by atoms with Crippen LogP contribution in [0.15, 0.2) is 28.1 Å². The lowest BCUT2D eigenvalue weighted by molar-refractivity contribution is -0.118. The minimum absolute atomic E-state index is 0.0844. The Bertz CT molecular complexity index is 979. The van der Waals surface area contributed by atoms with Crippen LogP contribution in [0.1, 0.15) is 22.6 Å². The van der Waals surface area contributed by atoms with Crippen molar-refractivity contribution >= 4 is 52.1 Å². The third kappa shape index (κ3) is 6.41. The van der Waals surface area contributed by atoms with E-state index in [9.17, 15) is 9.59 Å². The molecule has 10 heteroatoms. The fourth-order valence-corrected chi connectivity index (χ4v) is 4.80. The number of carbonyl (C=O) groups excluding carboxylic acids is 2. The van der Waals surface area contributed by atoms with E-state index in [1.807, 2.05) is 6.92 Å². The van der Waals surface area contributed by atoms with Crippen LogP contribution in [0, 0.1) is 13.8 Å². The monoisotopic (exact) mass is 450 g/mol. The first-order valence-corrected chi connectivity index (χ1v) is 11.8. The first-order valence-electron chi connectivity index (χ1n) is 9.04. The van der Waals surface area contributed by atoms with E-state index >= 15 is 0 Å². The summed E-state index contributed by atoms with van der Waals surface area (Å²) in [4.78, 5) is 31.0. The maximum atomic E-state index is 12.1. The van der Waals surface area contributed by atoms with Gasteiger partial charge in [-0.05, 0) is 39.3 Å². The Morgan fingerprint density at radius 2 is 2.14 bits per heavy atom. The second-order valence-corrected chi connectivity index (χ2v) is 9.94. The number of aryl methyl sites for hydroxylation is 2. The SMILES string of the molecule is Cc1cc(NC(=O)[C@H](C)SCC(=O)NCCc2ccc(-c3csc(C)n3)s2)no1. The second-order valence-electron chi connectivity index (χ2n) is 6.38. The number of nitrogens with one attached hydrogen (secondary N) is 2. The van der Waals surface area contributed by atoms with E-state index in [-0.39, 0.29) is 22.8 Å². The third-order valence-electron chi connectivity index (χ3n) is 3.94. The Kier molecular flexibility index (Phi) is 7.45. The van der Waals surface area contributed by atoms with Crippen molar-refractivity contribution < 1.29 is 14.1 Å². The van der Waals surface area contributed by atoms with Crippen molar-refractivity contribution in [3.05, 3.63) is 39.2 Å². The number of rotatable bonds is 9. The smallest absolute Gasteiger partial charge is 0.238 e. The lowest BCUT2D eigenvalue weighted by Gasteiger charge is -2.10. The summed E-state index contributed by atoms with van der Waals surface area (Å²) in [5.41, 5.74) is 1.01. The minimum Gasteiger partial charge on any atom is -0.360 e. The Balaban J connectivity index is 1.35. The molecule has 154 valence electrons. The van der Waals surface area contributed by atoms with Crippen molar-refractivity contribution in [2.24, 2.45) is 0 Å². The van der Waals surface area contributed by atoms with Crippen molar-refractivity contribution in [1.82, 2.24) is 15.5 Å². The molecule has 0 aliphatic rings. The van der Waals surface area contributed by atoms with E-state index < -0.39 is 0 Å². The maximum Gasteiger partial charge on any atom is 0.238 e. The third-order valence-corrected chi connectivity index (χ3v) is 7.02. The molecular formula is C19H22N4O3S3. The van der Waals surface area contributed by atoms with Crippen LogP contribution in [-0.2, 0) is 16.0 Å². The van der Waals surface area contributed by atoms with E-state index in [4.69, 9.17) is 4.52 Å². The zero-order valence-electron chi connectivity index (χ0n) is 16.4. The first-order chi connectivity index (χ1) is 13.9. The number of thiazole rings is 1. The molecule has 3 aromatic heterocycles. The van der Waals surface area contributed by atoms with E-state index in [1.54, 1.807) is 42.6 Å². The van der Waals surface area contributed by atoms with Gasteiger partial charge in [0.1, 0.15) is 5.76 Å². The van der Waals surface area contributed by atoms with Gasteiger partial charge in [0.15, 0.2) is 5.82 Å². The summed E-state index contributed by atoms with van der Waals surface area (Å²) in [6, 6.07) is 5.80. The van der Waals surface area contributed by atoms with Gasteiger partial charge in [0.25, 0.3) is 0 Å². The largest absolute Gasteiger partial charge is 0.360 e. The first kappa shape index (κ1) is 21.5. The Morgan fingerprint density at radius 3 is 2.83 bits per heavy atom. The molecule has 2 amide bonds. The van der Waals surface area contributed by atoms with Crippen molar-refractivity contribution in [3.8, 4) is 10.6 Å². The number of nitrogens with zero attached hydrogens (tertiary/aromatic N) is 2. The normalized spacial score (nSPS) is 12.0. The number of amides is 2. The molecule has 3 rings (SSSR count). The molecule has 0 aromatic carbocycles. The van der Waals surface area contributed by atoms with Gasteiger partial charge in [-0.15, -0.1) is 34.4 Å². The van der Waals surface area contributed by atoms with E-state index in [1.165, 1.54) is 16.6 Å². The lowest BCUT2D eigenvalue weighted by atomic mass is 10.3. The zero-order chi connectivity index (χ0) is 20.8. The van der Waals surface area contributed by atoms with Crippen LogP contribution in [0.2, 0.25) is 0 Å². The molecule has 0 fully saturated rings. The van der Waals surface area contributed by atoms with Gasteiger partial charge in [-0.25, -0.2) is 4.98 Å². The summed E-state index contributed by atoms with van der Waals surface area (Å²) in [7, 11) is 0. The lowest BCUT2D eigenvalue weighted by Crippen LogP contribution is -2.29. The number of carbonyl (C=O) groups is 2. The number of hydrogen-bond donors (Lipinski definition) is 2. The Morgan fingerprint density at radius 1 is 1.31 bits per heavy atom. The van der Waals surface area contributed by atoms with E-state index in [0.717, 1.165) is 22.0 Å². The van der Waals surface area contributed by atoms with Crippen LogP contribution in [0.3, 0.4) is 0 Å². The van der Waals surface area contributed by atoms with Crippen LogP contribution in [0.25, 0.3) is 10.6 Å². The molecule has 29 heavy (non-hydrogen) atoms. The van der Waals surface area contributed by atoms with Crippen LogP contribution < -0.4 is 10.6 Å². The summed E-state index contributed by atoms with van der Waals surface area (Å²) >= 11 is 4.62. The summed E-state index contributed by atoms with van der Waals surface area (Å²) in [5, 5.41) is 12.0. The molecule has 2 N–H and O–H groups in total. The minimum atomic E-state index is -0.376. The molecule has 3 aromatic rings. The number of hydrogen-bond acceptors (Lipinski definition) is 8. The van der Waals surface area contributed by atoms with E-state index in [2.05, 4.69) is 38.3 Å². The highest BCUT2D eigenvalue weighted by atomic mass is 32.2. The fourth-order valence-electron chi connectivity index (χ4n) is 2.43. The van der Waals surface area contributed by atoms with Crippen molar-refractivity contribution in [2.75, 3.05) is 17.6 Å². The molecular weight excluding hydrogens is 428 g/mol. The molecule has 1 atom stereocenters. The number of aromatic nitrogens is 2. The van der Waals surface area contributed by atoms with Crippen LogP contribution in [-0.4, -0.2) is 39.5 Å². The van der Waals surface area contributed by atoms with Gasteiger partial charge in [0.2, 0.25) is 11.8 Å². The topological polar surface area (TPSA) is 97.1 Å². The number of thiophene rings is 1. The maximum absolute atomic E-state index is 12.1. The zero-order valence-corrected chi connectivity index (χ0v) is 18.8. The van der Waals surface area contributed by atoms with E-state index in [0.29, 0.717) is 18.1 Å². The van der Waals surface area contributed by atoms with Crippen molar-refractivity contribution in [2.45, 2.75) is 32.4 Å². The standard InChI is InChI=1S/C19H22N4O3S3/c1-11-8-17(23-26-11)22-19(25)12(2)27-10-18(24)20-7-6-14-4-5-16(29-14)15-9-28-13(3)21-15/h4-5,8-9,12H,6-7,10H2,1-3H3,(H,20,24)(H,22,23,25)/t12-/m0/s1. The molecule has 3 heterocycles. The summed E-state index contributed by atoms with van der Waals surface area (Å²) in [5.74, 6) is 0.936.